The number of rotatable bonds is 4. The van der Waals surface area contributed by atoms with Crippen molar-refractivity contribution in [2.45, 2.75) is 17.7 Å². The van der Waals surface area contributed by atoms with Gasteiger partial charge in [-0.15, -0.1) is 0 Å². The van der Waals surface area contributed by atoms with Crippen LogP contribution in [0, 0.1) is 5.92 Å². The Labute approximate surface area is 120 Å². The number of nitrogen functional groups attached to an aromatic ring is 1. The number of ether oxygens (including phenoxy) is 1. The fraction of sp³-hybridized carbons (Fsp3) is 0.571. The fourth-order valence-electron chi connectivity index (χ4n) is 2.63. The van der Waals surface area contributed by atoms with Crippen LogP contribution in [-0.4, -0.2) is 41.5 Å². The van der Waals surface area contributed by atoms with Crippen molar-refractivity contribution in [2.75, 3.05) is 43.7 Å². The van der Waals surface area contributed by atoms with E-state index >= 15 is 0 Å². The molecule has 6 heteroatoms. The number of benzene rings is 1. The first-order valence-electron chi connectivity index (χ1n) is 6.75. The Hall–Kier alpha value is -1.27. The van der Waals surface area contributed by atoms with Gasteiger partial charge in [0.15, 0.2) is 9.84 Å². The predicted molar refractivity (Wildman–Crippen MR) is 80.8 cm³/mol. The molecule has 1 heterocycles. The van der Waals surface area contributed by atoms with Crippen LogP contribution in [0.5, 0.6) is 0 Å². The number of nitrogens with zero attached hydrogens (tertiary/aromatic N) is 1. The van der Waals surface area contributed by atoms with Crippen LogP contribution in [-0.2, 0) is 14.6 Å². The van der Waals surface area contributed by atoms with Gasteiger partial charge in [0.2, 0.25) is 0 Å². The zero-order chi connectivity index (χ0) is 14.8. The van der Waals surface area contributed by atoms with E-state index in [1.807, 2.05) is 6.07 Å². The highest BCUT2D eigenvalue weighted by Crippen LogP contribution is 2.30. The predicted octanol–water partition coefficient (Wildman–Crippen LogP) is 1.54. The van der Waals surface area contributed by atoms with Gasteiger partial charge in [0, 0.05) is 33.1 Å². The number of hydrogen-bond acceptors (Lipinski definition) is 5. The third-order valence-corrected chi connectivity index (χ3v) is 4.89. The third-order valence-electron chi connectivity index (χ3n) is 3.78. The summed E-state index contributed by atoms with van der Waals surface area (Å²) in [7, 11) is -1.47. The Kier molecular flexibility index (Phi) is 4.55. The maximum absolute atomic E-state index is 11.5. The number of methoxy groups -OCH3 is 1. The van der Waals surface area contributed by atoms with Crippen molar-refractivity contribution in [2.24, 2.45) is 5.92 Å². The minimum absolute atomic E-state index is 0.271. The fourth-order valence-corrected chi connectivity index (χ4v) is 3.28. The molecule has 20 heavy (non-hydrogen) atoms. The van der Waals surface area contributed by atoms with Gasteiger partial charge in [-0.2, -0.15) is 0 Å². The molecule has 1 aromatic carbocycles. The lowest BCUT2D eigenvalue weighted by atomic mass is 9.97. The lowest BCUT2D eigenvalue weighted by Gasteiger charge is -2.34. The molecule has 0 saturated carbocycles. The van der Waals surface area contributed by atoms with E-state index in [-0.39, 0.29) is 4.90 Å². The van der Waals surface area contributed by atoms with Crippen LogP contribution in [0.4, 0.5) is 11.4 Å². The summed E-state index contributed by atoms with van der Waals surface area (Å²) in [4.78, 5) is 2.49. The molecule has 2 rings (SSSR count). The second kappa shape index (κ2) is 6.01. The summed E-state index contributed by atoms with van der Waals surface area (Å²) in [6, 6.07) is 4.98. The highest BCUT2D eigenvalue weighted by molar-refractivity contribution is 7.90. The highest BCUT2D eigenvalue weighted by atomic mass is 32.2. The van der Waals surface area contributed by atoms with Crippen molar-refractivity contribution in [1.82, 2.24) is 0 Å². The first-order chi connectivity index (χ1) is 9.41. The van der Waals surface area contributed by atoms with Crippen molar-refractivity contribution in [3.63, 3.8) is 0 Å². The third kappa shape index (κ3) is 3.43. The Morgan fingerprint density at radius 2 is 2.00 bits per heavy atom. The maximum atomic E-state index is 11.5. The number of anilines is 2. The van der Waals surface area contributed by atoms with Crippen molar-refractivity contribution in [3.8, 4) is 0 Å². The lowest BCUT2D eigenvalue weighted by Crippen LogP contribution is -2.35. The van der Waals surface area contributed by atoms with Gasteiger partial charge in [0.25, 0.3) is 0 Å². The van der Waals surface area contributed by atoms with Crippen molar-refractivity contribution >= 4 is 21.2 Å². The smallest absolute Gasteiger partial charge is 0.175 e. The summed E-state index contributed by atoms with van der Waals surface area (Å²) in [5, 5.41) is 0. The molecule has 0 unspecified atom stereocenters. The number of sulfone groups is 1. The lowest BCUT2D eigenvalue weighted by molar-refractivity contribution is 0.139. The average molecular weight is 298 g/mol. The SMILES string of the molecule is COCC1CCN(c2ccc(S(C)(=O)=O)cc2N)CC1. The van der Waals surface area contributed by atoms with Gasteiger partial charge >= 0.3 is 0 Å². The minimum Gasteiger partial charge on any atom is -0.397 e. The Morgan fingerprint density at radius 3 is 2.50 bits per heavy atom. The molecule has 5 nitrogen and oxygen atoms in total. The molecule has 112 valence electrons. The molecule has 0 amide bonds. The highest BCUT2D eigenvalue weighted by Gasteiger charge is 2.21. The molecule has 0 atom stereocenters. The molecule has 0 radical (unpaired) electrons. The Balaban J connectivity index is 2.11. The molecule has 0 bridgehead atoms. The van der Waals surface area contributed by atoms with Crippen molar-refractivity contribution in [1.29, 1.82) is 0 Å². The topological polar surface area (TPSA) is 72.6 Å². The van der Waals surface area contributed by atoms with E-state index in [1.165, 1.54) is 6.26 Å². The molecule has 1 aliphatic rings. The van der Waals surface area contributed by atoms with Crippen LogP contribution in [0.1, 0.15) is 12.8 Å². The molecule has 0 aromatic heterocycles. The van der Waals surface area contributed by atoms with Crippen molar-refractivity contribution in [3.05, 3.63) is 18.2 Å². The summed E-state index contributed by atoms with van der Waals surface area (Å²) < 4.78 is 28.2. The van der Waals surface area contributed by atoms with E-state index in [0.29, 0.717) is 11.6 Å². The van der Waals surface area contributed by atoms with E-state index < -0.39 is 9.84 Å². The van der Waals surface area contributed by atoms with Crippen LogP contribution < -0.4 is 10.6 Å². The van der Waals surface area contributed by atoms with Crippen LogP contribution >= 0.6 is 0 Å². The molecule has 2 N–H and O–H groups in total. The summed E-state index contributed by atoms with van der Waals surface area (Å²) in [5.41, 5.74) is 7.46. The van der Waals surface area contributed by atoms with Gasteiger partial charge in [-0.1, -0.05) is 0 Å². The van der Waals surface area contributed by atoms with Crippen LogP contribution in [0.15, 0.2) is 23.1 Å². The molecule has 1 saturated heterocycles. The summed E-state index contributed by atoms with van der Waals surface area (Å²) >= 11 is 0. The van der Waals surface area contributed by atoms with Gasteiger partial charge < -0.3 is 15.4 Å². The summed E-state index contributed by atoms with van der Waals surface area (Å²) in [6.45, 7) is 2.66. The van der Waals surface area contributed by atoms with Gasteiger partial charge in [-0.05, 0) is 37.0 Å². The number of hydrogen-bond donors (Lipinski definition) is 1. The van der Waals surface area contributed by atoms with Crippen LogP contribution in [0.25, 0.3) is 0 Å². The largest absolute Gasteiger partial charge is 0.397 e. The Morgan fingerprint density at radius 1 is 1.35 bits per heavy atom. The van der Waals surface area contributed by atoms with E-state index in [4.69, 9.17) is 10.5 Å². The zero-order valence-corrected chi connectivity index (χ0v) is 12.8. The second-order valence-corrected chi connectivity index (χ2v) is 7.39. The number of piperidine rings is 1. The first-order valence-corrected chi connectivity index (χ1v) is 8.64. The average Bonchev–Trinajstić information content (AvgIpc) is 2.39. The van der Waals surface area contributed by atoms with Gasteiger partial charge in [-0.3, -0.25) is 0 Å². The zero-order valence-electron chi connectivity index (χ0n) is 12.0. The first kappa shape index (κ1) is 15.1. The monoisotopic (exact) mass is 298 g/mol. The van der Waals surface area contributed by atoms with E-state index in [2.05, 4.69) is 4.90 Å². The molecule has 1 fully saturated rings. The molecular formula is C14H22N2O3S. The normalized spacial score (nSPS) is 17.4. The van der Waals surface area contributed by atoms with Gasteiger partial charge in [0.05, 0.1) is 16.3 Å². The van der Waals surface area contributed by atoms with Gasteiger partial charge in [-0.25, -0.2) is 8.42 Å². The minimum atomic E-state index is -3.20. The molecule has 1 aliphatic heterocycles. The Bertz CT molecular complexity index is 564. The van der Waals surface area contributed by atoms with Crippen molar-refractivity contribution < 1.29 is 13.2 Å². The molecule has 1 aromatic rings. The standard InChI is InChI=1S/C14H22N2O3S/c1-19-10-11-5-7-16(8-6-11)14-4-3-12(9-13(14)15)20(2,17)18/h3-4,9,11H,5-8,10,15H2,1-2H3. The van der Waals surface area contributed by atoms with Crippen LogP contribution in [0.2, 0.25) is 0 Å². The second-order valence-electron chi connectivity index (χ2n) is 5.38. The quantitative estimate of drug-likeness (QED) is 0.854. The van der Waals surface area contributed by atoms with Gasteiger partial charge in [0.1, 0.15) is 0 Å². The number of nitrogens with two attached hydrogens (primary N) is 1. The molecular weight excluding hydrogens is 276 g/mol. The van der Waals surface area contributed by atoms with E-state index in [1.54, 1.807) is 19.2 Å². The van der Waals surface area contributed by atoms with E-state index in [0.717, 1.165) is 38.2 Å². The van der Waals surface area contributed by atoms with E-state index in [9.17, 15) is 8.42 Å². The maximum Gasteiger partial charge on any atom is 0.175 e. The summed E-state index contributed by atoms with van der Waals surface area (Å²) in [6.07, 6.45) is 3.33. The molecule has 0 spiro atoms. The van der Waals surface area contributed by atoms with Crippen LogP contribution in [0.3, 0.4) is 0 Å². The molecule has 0 aliphatic carbocycles. The summed E-state index contributed by atoms with van der Waals surface area (Å²) in [5.74, 6) is 0.604.